The van der Waals surface area contributed by atoms with Crippen molar-refractivity contribution in [3.63, 3.8) is 0 Å². The van der Waals surface area contributed by atoms with Crippen molar-refractivity contribution in [1.82, 2.24) is 14.9 Å². The van der Waals surface area contributed by atoms with E-state index in [1.54, 1.807) is 25.4 Å². The number of methoxy groups -OCH3 is 1. The maximum atomic E-state index is 12.4. The molecule has 8 heteroatoms. The lowest BCUT2D eigenvalue weighted by molar-refractivity contribution is 0.402. The molecule has 0 radical (unpaired) electrons. The average Bonchev–Trinajstić information content (AvgIpc) is 2.92. The quantitative estimate of drug-likeness (QED) is 0.714. The lowest BCUT2D eigenvalue weighted by Crippen LogP contribution is -2.27. The minimum atomic E-state index is -3.75. The van der Waals surface area contributed by atoms with Crippen LogP contribution in [0.1, 0.15) is 18.5 Å². The molecule has 0 bridgehead atoms. The highest BCUT2D eigenvalue weighted by Gasteiger charge is 2.23. The van der Waals surface area contributed by atoms with Crippen LogP contribution in [-0.4, -0.2) is 25.7 Å². The highest BCUT2D eigenvalue weighted by molar-refractivity contribution is 7.89. The van der Waals surface area contributed by atoms with E-state index in [4.69, 9.17) is 10.5 Å². The Morgan fingerprint density at radius 3 is 2.80 bits per heavy atom. The van der Waals surface area contributed by atoms with Crippen molar-refractivity contribution in [3.8, 4) is 5.75 Å². The van der Waals surface area contributed by atoms with Crippen molar-refractivity contribution in [1.29, 1.82) is 0 Å². The third-order valence-corrected chi connectivity index (χ3v) is 4.39. The summed E-state index contributed by atoms with van der Waals surface area (Å²) >= 11 is 0. The van der Waals surface area contributed by atoms with Gasteiger partial charge in [-0.1, -0.05) is 0 Å². The molecule has 2 aromatic rings. The zero-order valence-electron chi connectivity index (χ0n) is 11.1. The zero-order valence-corrected chi connectivity index (χ0v) is 11.9. The Labute approximate surface area is 117 Å². The van der Waals surface area contributed by atoms with Crippen LogP contribution in [0.5, 0.6) is 5.75 Å². The number of nitrogens with one attached hydrogen (secondary N) is 2. The van der Waals surface area contributed by atoms with Gasteiger partial charge in [0.15, 0.2) is 0 Å². The Morgan fingerprint density at radius 2 is 2.20 bits per heavy atom. The van der Waals surface area contributed by atoms with Gasteiger partial charge in [0.25, 0.3) is 0 Å². The molecule has 1 unspecified atom stereocenters. The highest BCUT2D eigenvalue weighted by Crippen LogP contribution is 2.27. The minimum absolute atomic E-state index is 0.00958. The van der Waals surface area contributed by atoms with Crippen LogP contribution in [0.25, 0.3) is 0 Å². The van der Waals surface area contributed by atoms with Gasteiger partial charge in [-0.15, -0.1) is 0 Å². The average molecular weight is 296 g/mol. The molecule has 0 aliphatic carbocycles. The third-order valence-electron chi connectivity index (χ3n) is 2.83. The summed E-state index contributed by atoms with van der Waals surface area (Å²) in [7, 11) is -2.34. The van der Waals surface area contributed by atoms with Crippen LogP contribution in [0.15, 0.2) is 35.5 Å². The van der Waals surface area contributed by atoms with Crippen molar-refractivity contribution in [2.75, 3.05) is 12.8 Å². The Hall–Kier alpha value is -2.06. The maximum Gasteiger partial charge on any atom is 0.244 e. The molecule has 2 rings (SSSR count). The smallest absolute Gasteiger partial charge is 0.244 e. The van der Waals surface area contributed by atoms with Crippen LogP contribution in [-0.2, 0) is 10.0 Å². The number of aromatic nitrogens is 2. The number of benzene rings is 1. The summed E-state index contributed by atoms with van der Waals surface area (Å²) < 4.78 is 32.4. The van der Waals surface area contributed by atoms with E-state index in [0.29, 0.717) is 5.69 Å². The Kier molecular flexibility index (Phi) is 3.96. The molecule has 1 heterocycles. The number of H-pyrrole nitrogens is 1. The van der Waals surface area contributed by atoms with E-state index in [9.17, 15) is 8.42 Å². The van der Waals surface area contributed by atoms with Gasteiger partial charge in [-0.2, -0.15) is 5.10 Å². The molecular weight excluding hydrogens is 280 g/mol. The Balaban J connectivity index is 2.33. The molecule has 7 nitrogen and oxygen atoms in total. The van der Waals surface area contributed by atoms with Gasteiger partial charge in [0, 0.05) is 23.5 Å². The van der Waals surface area contributed by atoms with Gasteiger partial charge in [-0.05, 0) is 25.1 Å². The molecule has 108 valence electrons. The van der Waals surface area contributed by atoms with Gasteiger partial charge in [0.05, 0.1) is 13.3 Å². The molecular formula is C12H16N4O3S. The lowest BCUT2D eigenvalue weighted by atomic mass is 10.2. The van der Waals surface area contributed by atoms with E-state index >= 15 is 0 Å². The molecule has 20 heavy (non-hydrogen) atoms. The molecule has 1 atom stereocenters. The number of sulfonamides is 1. The molecule has 0 spiro atoms. The van der Waals surface area contributed by atoms with E-state index in [1.807, 2.05) is 0 Å². The van der Waals surface area contributed by atoms with Crippen LogP contribution in [0.2, 0.25) is 0 Å². The third kappa shape index (κ3) is 2.91. The van der Waals surface area contributed by atoms with Crippen LogP contribution < -0.4 is 15.2 Å². The van der Waals surface area contributed by atoms with E-state index in [1.165, 1.54) is 19.2 Å². The normalized spacial score (nSPS) is 13.1. The fraction of sp³-hybridized carbons (Fsp3) is 0.250. The van der Waals surface area contributed by atoms with Gasteiger partial charge in [0.1, 0.15) is 10.6 Å². The number of aromatic amines is 1. The number of nitrogens with two attached hydrogens (primary N) is 1. The van der Waals surface area contributed by atoms with Crippen LogP contribution in [0.3, 0.4) is 0 Å². The van der Waals surface area contributed by atoms with E-state index in [-0.39, 0.29) is 10.6 Å². The summed E-state index contributed by atoms with van der Waals surface area (Å²) in [6, 6.07) is 4.04. The molecule has 1 aromatic heterocycles. The topological polar surface area (TPSA) is 110 Å². The minimum Gasteiger partial charge on any atom is -0.495 e. The number of anilines is 1. The van der Waals surface area contributed by atoms with Crippen LogP contribution in [0, 0.1) is 0 Å². The summed E-state index contributed by atoms with van der Waals surface area (Å²) in [5, 5.41) is 6.43. The Morgan fingerprint density at radius 1 is 1.45 bits per heavy atom. The first-order chi connectivity index (χ1) is 9.44. The first kappa shape index (κ1) is 14.4. The summed E-state index contributed by atoms with van der Waals surface area (Å²) in [5.74, 6) is 0.242. The number of nitrogen functional groups attached to an aromatic ring is 1. The molecule has 0 amide bonds. The van der Waals surface area contributed by atoms with Crippen molar-refractivity contribution < 1.29 is 13.2 Å². The SMILES string of the molecule is COc1ccc(N)cc1S(=O)(=O)NC(C)c1cn[nH]c1. The van der Waals surface area contributed by atoms with Crippen LogP contribution in [0.4, 0.5) is 5.69 Å². The van der Waals surface area contributed by atoms with Crippen molar-refractivity contribution in [2.45, 2.75) is 17.9 Å². The van der Waals surface area contributed by atoms with E-state index in [2.05, 4.69) is 14.9 Å². The van der Waals surface area contributed by atoms with Gasteiger partial charge < -0.3 is 10.5 Å². The zero-order chi connectivity index (χ0) is 14.8. The van der Waals surface area contributed by atoms with Gasteiger partial charge >= 0.3 is 0 Å². The predicted molar refractivity (Wildman–Crippen MR) is 74.7 cm³/mol. The second-order valence-electron chi connectivity index (χ2n) is 4.28. The second kappa shape index (κ2) is 5.51. The van der Waals surface area contributed by atoms with E-state index in [0.717, 1.165) is 5.56 Å². The number of rotatable bonds is 5. The van der Waals surface area contributed by atoms with Crippen molar-refractivity contribution in [3.05, 3.63) is 36.2 Å². The standard InChI is InChI=1S/C12H16N4O3S/c1-8(9-6-14-15-7-9)16-20(17,18)12-5-10(13)3-4-11(12)19-2/h3-8,16H,13H2,1-2H3,(H,14,15). The number of nitrogens with zero attached hydrogens (tertiary/aromatic N) is 1. The number of hydrogen-bond donors (Lipinski definition) is 3. The molecule has 0 saturated carbocycles. The monoisotopic (exact) mass is 296 g/mol. The molecule has 0 aliphatic rings. The fourth-order valence-electron chi connectivity index (χ4n) is 1.77. The van der Waals surface area contributed by atoms with Crippen molar-refractivity contribution >= 4 is 15.7 Å². The Bertz CT molecular complexity index is 683. The van der Waals surface area contributed by atoms with Gasteiger partial charge in [-0.3, -0.25) is 5.10 Å². The van der Waals surface area contributed by atoms with Gasteiger partial charge in [-0.25, -0.2) is 13.1 Å². The largest absolute Gasteiger partial charge is 0.495 e. The van der Waals surface area contributed by atoms with Crippen LogP contribution >= 0.6 is 0 Å². The molecule has 0 fully saturated rings. The first-order valence-electron chi connectivity index (χ1n) is 5.88. The maximum absolute atomic E-state index is 12.4. The molecule has 1 aromatic carbocycles. The summed E-state index contributed by atoms with van der Waals surface area (Å²) in [4.78, 5) is 0.00958. The van der Waals surface area contributed by atoms with Gasteiger partial charge in [0.2, 0.25) is 10.0 Å². The lowest BCUT2D eigenvalue weighted by Gasteiger charge is -2.15. The molecule has 0 aliphatic heterocycles. The summed E-state index contributed by atoms with van der Waals surface area (Å²) in [6.45, 7) is 1.72. The first-order valence-corrected chi connectivity index (χ1v) is 7.37. The molecule has 0 saturated heterocycles. The summed E-state index contributed by atoms with van der Waals surface area (Å²) in [5.41, 5.74) is 6.72. The second-order valence-corrected chi connectivity index (χ2v) is 5.97. The molecule has 4 N–H and O–H groups in total. The number of hydrogen-bond acceptors (Lipinski definition) is 5. The van der Waals surface area contributed by atoms with Crippen molar-refractivity contribution in [2.24, 2.45) is 0 Å². The highest BCUT2D eigenvalue weighted by atomic mass is 32.2. The number of ether oxygens (including phenoxy) is 1. The summed E-state index contributed by atoms with van der Waals surface area (Å²) in [6.07, 6.45) is 3.19. The van der Waals surface area contributed by atoms with E-state index < -0.39 is 16.1 Å². The fourth-order valence-corrected chi connectivity index (χ4v) is 3.20. The predicted octanol–water partition coefficient (Wildman–Crippen LogP) is 1.04.